The maximum Gasteiger partial charge on any atom is 0.269 e. The summed E-state index contributed by atoms with van der Waals surface area (Å²) in [4.78, 5) is 16.9. The van der Waals surface area contributed by atoms with Crippen molar-refractivity contribution >= 4 is 5.91 Å². The number of carbonyl (C=O) groups is 1. The van der Waals surface area contributed by atoms with Crippen molar-refractivity contribution < 1.29 is 4.79 Å². The highest BCUT2D eigenvalue weighted by molar-refractivity contribution is 5.93. The second-order valence-corrected chi connectivity index (χ2v) is 6.51. The summed E-state index contributed by atoms with van der Waals surface area (Å²) in [6, 6.07) is 15.5. The average molecular weight is 372 g/mol. The quantitative estimate of drug-likeness (QED) is 0.584. The fourth-order valence-corrected chi connectivity index (χ4v) is 3.08. The van der Waals surface area contributed by atoms with Crippen LogP contribution in [0.25, 0.3) is 22.5 Å². The van der Waals surface area contributed by atoms with E-state index in [1.54, 1.807) is 41.1 Å². The maximum absolute atomic E-state index is 12.6. The Kier molecular flexibility index (Phi) is 4.72. The van der Waals surface area contributed by atoms with Crippen molar-refractivity contribution in [2.45, 2.75) is 6.54 Å². The van der Waals surface area contributed by atoms with Crippen molar-refractivity contribution in [1.82, 2.24) is 29.9 Å². The van der Waals surface area contributed by atoms with E-state index in [1.165, 1.54) is 0 Å². The summed E-state index contributed by atoms with van der Waals surface area (Å²) in [6.45, 7) is 0.378. The van der Waals surface area contributed by atoms with Crippen LogP contribution in [0.1, 0.15) is 16.1 Å². The molecule has 0 atom stereocenters. The largest absolute Gasteiger partial charge is 0.347 e. The highest BCUT2D eigenvalue weighted by Gasteiger charge is 2.14. The number of hydrogen-bond donors (Lipinski definition) is 1. The van der Waals surface area contributed by atoms with Crippen molar-refractivity contribution in [3.8, 4) is 22.5 Å². The summed E-state index contributed by atoms with van der Waals surface area (Å²) < 4.78 is 3.39. The zero-order valence-electron chi connectivity index (χ0n) is 15.7. The Bertz CT molecular complexity index is 1110. The lowest BCUT2D eigenvalue weighted by molar-refractivity contribution is 0.0941. The molecule has 0 aliphatic carbocycles. The number of pyridine rings is 1. The molecule has 0 aliphatic rings. The lowest BCUT2D eigenvalue weighted by atomic mass is 10.1. The monoisotopic (exact) mass is 372 g/mol. The number of rotatable bonds is 5. The van der Waals surface area contributed by atoms with E-state index in [2.05, 4.69) is 20.5 Å². The first-order valence-electron chi connectivity index (χ1n) is 8.92. The van der Waals surface area contributed by atoms with E-state index < -0.39 is 0 Å². The van der Waals surface area contributed by atoms with Crippen molar-refractivity contribution in [2.75, 3.05) is 0 Å². The Balaban J connectivity index is 1.48. The van der Waals surface area contributed by atoms with Gasteiger partial charge in [-0.05, 0) is 23.8 Å². The Morgan fingerprint density at radius 2 is 1.82 bits per heavy atom. The van der Waals surface area contributed by atoms with Crippen molar-refractivity contribution in [2.24, 2.45) is 14.1 Å². The van der Waals surface area contributed by atoms with Gasteiger partial charge in [-0.15, -0.1) is 0 Å². The number of hydrogen-bond acceptors (Lipinski definition) is 4. The van der Waals surface area contributed by atoms with E-state index >= 15 is 0 Å². The number of nitrogens with zero attached hydrogens (tertiary/aromatic N) is 5. The Morgan fingerprint density at radius 3 is 2.57 bits per heavy atom. The van der Waals surface area contributed by atoms with Crippen LogP contribution in [0.3, 0.4) is 0 Å². The fourth-order valence-electron chi connectivity index (χ4n) is 3.08. The van der Waals surface area contributed by atoms with Crippen LogP contribution in [0.5, 0.6) is 0 Å². The average Bonchev–Trinajstić information content (AvgIpc) is 3.33. The molecule has 0 saturated carbocycles. The number of aryl methyl sites for hydroxylation is 2. The number of aromatic nitrogens is 5. The molecule has 0 radical (unpaired) electrons. The summed E-state index contributed by atoms with van der Waals surface area (Å²) in [5.41, 5.74) is 5.10. The lowest BCUT2D eigenvalue weighted by Crippen LogP contribution is -2.25. The minimum atomic E-state index is -0.178. The number of nitrogens with one attached hydrogen (secondary N) is 1. The van der Waals surface area contributed by atoms with Crippen LogP contribution < -0.4 is 5.32 Å². The van der Waals surface area contributed by atoms with Gasteiger partial charge in [0.2, 0.25) is 0 Å². The molecule has 0 unspecified atom stereocenters. The van der Waals surface area contributed by atoms with Crippen LogP contribution in [-0.2, 0) is 20.6 Å². The Labute approximate surface area is 162 Å². The second kappa shape index (κ2) is 7.48. The molecule has 0 saturated heterocycles. The molecule has 0 fully saturated rings. The molecule has 0 aliphatic heterocycles. The number of amides is 1. The molecule has 28 heavy (non-hydrogen) atoms. The van der Waals surface area contributed by atoms with Gasteiger partial charge in [-0.25, -0.2) is 0 Å². The summed E-state index contributed by atoms with van der Waals surface area (Å²) >= 11 is 0. The van der Waals surface area contributed by atoms with Gasteiger partial charge < -0.3 is 5.32 Å². The van der Waals surface area contributed by atoms with Crippen LogP contribution in [0.2, 0.25) is 0 Å². The molecule has 140 valence electrons. The molecular formula is C21H20N6O. The van der Waals surface area contributed by atoms with Gasteiger partial charge in [0.25, 0.3) is 5.91 Å². The normalized spacial score (nSPS) is 10.8. The predicted octanol–water partition coefficient (Wildman–Crippen LogP) is 2.81. The van der Waals surface area contributed by atoms with E-state index in [-0.39, 0.29) is 5.91 Å². The van der Waals surface area contributed by atoms with Gasteiger partial charge in [-0.2, -0.15) is 10.2 Å². The summed E-state index contributed by atoms with van der Waals surface area (Å²) in [5.74, 6) is -0.178. The van der Waals surface area contributed by atoms with Gasteiger partial charge in [0, 0.05) is 50.4 Å². The van der Waals surface area contributed by atoms with Crippen LogP contribution in [-0.4, -0.2) is 30.5 Å². The van der Waals surface area contributed by atoms with Crippen molar-refractivity contribution in [1.29, 1.82) is 0 Å². The molecule has 1 aromatic carbocycles. The molecule has 0 spiro atoms. The zero-order chi connectivity index (χ0) is 19.5. The maximum atomic E-state index is 12.6. The standard InChI is InChI=1S/C21H20N6O/c1-26-19(8-9-24-26)17-10-15(12-22-14-17)13-23-21(28)20-11-18(25-27(20)2)16-6-4-3-5-7-16/h3-12,14H,13H2,1-2H3,(H,23,28). The van der Waals surface area contributed by atoms with Crippen molar-refractivity contribution in [3.05, 3.63) is 78.4 Å². The predicted molar refractivity (Wildman–Crippen MR) is 106 cm³/mol. The minimum Gasteiger partial charge on any atom is -0.347 e. The van der Waals surface area contributed by atoms with E-state index in [0.29, 0.717) is 12.2 Å². The van der Waals surface area contributed by atoms with E-state index in [0.717, 1.165) is 28.1 Å². The van der Waals surface area contributed by atoms with Crippen molar-refractivity contribution in [3.63, 3.8) is 0 Å². The molecule has 7 nitrogen and oxygen atoms in total. The zero-order valence-corrected chi connectivity index (χ0v) is 15.7. The van der Waals surface area contributed by atoms with Crippen LogP contribution in [0.4, 0.5) is 0 Å². The third-order valence-electron chi connectivity index (χ3n) is 4.55. The number of carbonyl (C=O) groups excluding carboxylic acids is 1. The van der Waals surface area contributed by atoms with Gasteiger partial charge >= 0.3 is 0 Å². The summed E-state index contributed by atoms with van der Waals surface area (Å²) in [6.07, 6.45) is 5.28. The van der Waals surface area contributed by atoms with E-state index in [4.69, 9.17) is 0 Å². The van der Waals surface area contributed by atoms with Crippen LogP contribution in [0.15, 0.2) is 67.1 Å². The van der Waals surface area contributed by atoms with Gasteiger partial charge in [-0.1, -0.05) is 30.3 Å². The molecule has 1 N–H and O–H groups in total. The van der Waals surface area contributed by atoms with Gasteiger partial charge in [0.15, 0.2) is 0 Å². The topological polar surface area (TPSA) is 77.6 Å². The third-order valence-corrected chi connectivity index (χ3v) is 4.55. The first-order chi connectivity index (χ1) is 13.6. The van der Waals surface area contributed by atoms with Crippen LogP contribution in [0, 0.1) is 0 Å². The summed E-state index contributed by atoms with van der Waals surface area (Å²) in [7, 11) is 3.66. The van der Waals surface area contributed by atoms with Crippen LogP contribution >= 0.6 is 0 Å². The van der Waals surface area contributed by atoms with Gasteiger partial charge in [-0.3, -0.25) is 19.1 Å². The molecule has 4 aromatic rings. The van der Waals surface area contributed by atoms with E-state index in [1.807, 2.05) is 49.5 Å². The summed E-state index contributed by atoms with van der Waals surface area (Å²) in [5, 5.41) is 11.6. The Morgan fingerprint density at radius 1 is 1.00 bits per heavy atom. The van der Waals surface area contributed by atoms with E-state index in [9.17, 15) is 4.79 Å². The highest BCUT2D eigenvalue weighted by atomic mass is 16.2. The van der Waals surface area contributed by atoms with Gasteiger partial charge in [0.05, 0.1) is 11.4 Å². The second-order valence-electron chi connectivity index (χ2n) is 6.51. The highest BCUT2D eigenvalue weighted by Crippen LogP contribution is 2.19. The number of benzene rings is 1. The Hall–Kier alpha value is -3.74. The molecule has 4 rings (SSSR count). The fraction of sp³-hybridized carbons (Fsp3) is 0.143. The molecule has 3 aromatic heterocycles. The molecule has 0 bridgehead atoms. The third kappa shape index (κ3) is 3.55. The first kappa shape index (κ1) is 17.7. The minimum absolute atomic E-state index is 0.178. The molecular weight excluding hydrogens is 352 g/mol. The van der Waals surface area contributed by atoms with Gasteiger partial charge in [0.1, 0.15) is 5.69 Å². The molecule has 1 amide bonds. The molecule has 7 heteroatoms. The lowest BCUT2D eigenvalue weighted by Gasteiger charge is -2.07. The smallest absolute Gasteiger partial charge is 0.269 e. The first-order valence-corrected chi connectivity index (χ1v) is 8.92. The molecule has 3 heterocycles. The SMILES string of the molecule is Cn1nc(-c2ccccc2)cc1C(=O)NCc1cncc(-c2ccnn2C)c1.